The third-order valence-electron chi connectivity index (χ3n) is 2.88. The number of rotatable bonds is 5. The summed E-state index contributed by atoms with van der Waals surface area (Å²) in [6.07, 6.45) is 2.10. The molecular weight excluding hydrogens is 242 g/mol. The van der Waals surface area contributed by atoms with Crippen LogP contribution in [0.5, 0.6) is 0 Å². The zero-order chi connectivity index (χ0) is 13.0. The van der Waals surface area contributed by atoms with Gasteiger partial charge >= 0.3 is 0 Å². The number of thioether (sulfide) groups is 1. The van der Waals surface area contributed by atoms with Gasteiger partial charge in [-0.3, -0.25) is 0 Å². The van der Waals surface area contributed by atoms with Crippen molar-refractivity contribution in [3.63, 3.8) is 0 Å². The predicted octanol–water partition coefficient (Wildman–Crippen LogP) is 3.01. The van der Waals surface area contributed by atoms with E-state index in [2.05, 4.69) is 42.7 Å². The lowest BCUT2D eigenvalue weighted by Crippen LogP contribution is -2.12. The van der Waals surface area contributed by atoms with Crippen molar-refractivity contribution < 1.29 is 0 Å². The fraction of sp³-hybridized carbons (Fsp3) is 0.357. The van der Waals surface area contributed by atoms with E-state index in [9.17, 15) is 0 Å². The smallest absolute Gasteiger partial charge is 0.104 e. The van der Waals surface area contributed by atoms with E-state index in [4.69, 9.17) is 0 Å². The fourth-order valence-corrected chi connectivity index (χ4v) is 2.73. The molecule has 3 nitrogen and oxygen atoms in total. The summed E-state index contributed by atoms with van der Waals surface area (Å²) < 4.78 is 2.03. The second kappa shape index (κ2) is 6.07. The van der Waals surface area contributed by atoms with Gasteiger partial charge in [0.15, 0.2) is 0 Å². The topological polar surface area (TPSA) is 29.9 Å². The molecule has 2 aromatic rings. The summed E-state index contributed by atoms with van der Waals surface area (Å²) in [6, 6.07) is 10.3. The van der Waals surface area contributed by atoms with Crippen molar-refractivity contribution in [2.24, 2.45) is 0 Å². The molecule has 4 heteroatoms. The van der Waals surface area contributed by atoms with Crippen LogP contribution in [-0.4, -0.2) is 22.6 Å². The minimum absolute atomic E-state index is 0.880. The number of aromatic nitrogens is 2. The second-order valence-electron chi connectivity index (χ2n) is 4.10. The number of nitrogens with one attached hydrogen (secondary N) is 1. The third-order valence-corrected chi connectivity index (χ3v) is 3.69. The van der Waals surface area contributed by atoms with Crippen LogP contribution >= 0.6 is 11.8 Å². The molecule has 2 rings (SSSR count). The number of benzene rings is 1. The largest absolute Gasteiger partial charge is 0.313 e. The Morgan fingerprint density at radius 2 is 2.00 bits per heavy atom. The summed E-state index contributed by atoms with van der Waals surface area (Å²) in [5, 5.41) is 9.26. The Morgan fingerprint density at radius 3 is 2.61 bits per heavy atom. The molecule has 96 valence electrons. The molecule has 0 spiro atoms. The highest BCUT2D eigenvalue weighted by atomic mass is 32.2. The number of hydrogen-bond donors (Lipinski definition) is 1. The molecule has 1 aromatic carbocycles. The molecule has 0 bridgehead atoms. The van der Waals surface area contributed by atoms with Gasteiger partial charge in [0.05, 0.1) is 11.4 Å². The first kappa shape index (κ1) is 13.2. The summed E-state index contributed by atoms with van der Waals surface area (Å²) in [5.41, 5.74) is 3.52. The Morgan fingerprint density at radius 1 is 1.28 bits per heavy atom. The summed E-state index contributed by atoms with van der Waals surface area (Å²) in [7, 11) is 0. The highest BCUT2D eigenvalue weighted by Crippen LogP contribution is 2.26. The Labute approximate surface area is 113 Å². The van der Waals surface area contributed by atoms with Gasteiger partial charge in [0, 0.05) is 12.1 Å². The molecule has 0 aliphatic rings. The van der Waals surface area contributed by atoms with Gasteiger partial charge < -0.3 is 5.32 Å². The highest BCUT2D eigenvalue weighted by molar-refractivity contribution is 7.98. The van der Waals surface area contributed by atoms with Crippen molar-refractivity contribution in [3.8, 4) is 5.69 Å². The van der Waals surface area contributed by atoms with E-state index >= 15 is 0 Å². The monoisotopic (exact) mass is 261 g/mol. The summed E-state index contributed by atoms with van der Waals surface area (Å²) in [6.45, 7) is 6.05. The fourth-order valence-electron chi connectivity index (χ4n) is 1.95. The van der Waals surface area contributed by atoms with Crippen molar-refractivity contribution >= 4 is 11.8 Å². The maximum atomic E-state index is 4.66. The van der Waals surface area contributed by atoms with Gasteiger partial charge in [-0.05, 0) is 31.9 Å². The molecule has 0 atom stereocenters. The van der Waals surface area contributed by atoms with Gasteiger partial charge in [-0.25, -0.2) is 4.68 Å². The molecule has 0 amide bonds. The van der Waals surface area contributed by atoms with Gasteiger partial charge in [0.2, 0.25) is 0 Å². The first-order chi connectivity index (χ1) is 8.77. The van der Waals surface area contributed by atoms with Gasteiger partial charge in [-0.15, -0.1) is 11.8 Å². The summed E-state index contributed by atoms with van der Waals surface area (Å²) >= 11 is 1.75. The Bertz CT molecular complexity index is 505. The van der Waals surface area contributed by atoms with E-state index in [0.717, 1.165) is 24.5 Å². The zero-order valence-corrected chi connectivity index (χ0v) is 11.9. The van der Waals surface area contributed by atoms with E-state index in [0.29, 0.717) is 0 Å². The molecule has 1 aromatic heterocycles. The van der Waals surface area contributed by atoms with Gasteiger partial charge in [0.1, 0.15) is 5.03 Å². The van der Waals surface area contributed by atoms with E-state index in [1.807, 2.05) is 22.9 Å². The zero-order valence-electron chi connectivity index (χ0n) is 11.1. The van der Waals surface area contributed by atoms with E-state index in [1.54, 1.807) is 11.8 Å². The predicted molar refractivity (Wildman–Crippen MR) is 77.5 cm³/mol. The maximum Gasteiger partial charge on any atom is 0.104 e. The molecule has 1 heterocycles. The normalized spacial score (nSPS) is 10.8. The van der Waals surface area contributed by atoms with E-state index < -0.39 is 0 Å². The quantitative estimate of drug-likeness (QED) is 0.839. The first-order valence-electron chi connectivity index (χ1n) is 6.16. The van der Waals surface area contributed by atoms with E-state index in [-0.39, 0.29) is 0 Å². The van der Waals surface area contributed by atoms with Crippen LogP contribution in [0, 0.1) is 6.92 Å². The first-order valence-corrected chi connectivity index (χ1v) is 7.39. The Balaban J connectivity index is 2.43. The van der Waals surface area contributed by atoms with Crippen LogP contribution in [0.25, 0.3) is 5.69 Å². The maximum absolute atomic E-state index is 4.66. The third kappa shape index (κ3) is 2.60. The average Bonchev–Trinajstić information content (AvgIpc) is 2.73. The molecule has 0 aliphatic heterocycles. The van der Waals surface area contributed by atoms with Crippen molar-refractivity contribution in [2.45, 2.75) is 25.4 Å². The molecule has 0 radical (unpaired) electrons. The lowest BCUT2D eigenvalue weighted by Gasteiger charge is -2.07. The van der Waals surface area contributed by atoms with Crippen LogP contribution in [-0.2, 0) is 6.54 Å². The van der Waals surface area contributed by atoms with Crippen LogP contribution in [0.2, 0.25) is 0 Å². The molecule has 0 saturated carbocycles. The second-order valence-corrected chi connectivity index (χ2v) is 4.90. The Hall–Kier alpha value is -1.26. The van der Waals surface area contributed by atoms with Crippen molar-refractivity contribution in [3.05, 3.63) is 41.6 Å². The Kier molecular flexibility index (Phi) is 4.44. The molecular formula is C14H19N3S. The molecule has 0 unspecified atom stereocenters. The SMILES string of the molecule is CCNCc1c(C)nn(-c2ccccc2)c1SC. The molecule has 0 fully saturated rings. The van der Waals surface area contributed by atoms with E-state index in [1.165, 1.54) is 10.6 Å². The molecule has 0 saturated heterocycles. The van der Waals surface area contributed by atoms with Crippen LogP contribution in [0.4, 0.5) is 0 Å². The van der Waals surface area contributed by atoms with Crippen LogP contribution in [0.15, 0.2) is 35.4 Å². The van der Waals surface area contributed by atoms with Crippen molar-refractivity contribution in [1.82, 2.24) is 15.1 Å². The minimum atomic E-state index is 0.880. The molecule has 18 heavy (non-hydrogen) atoms. The van der Waals surface area contributed by atoms with Crippen LogP contribution in [0.3, 0.4) is 0 Å². The number of nitrogens with zero attached hydrogens (tertiary/aromatic N) is 2. The van der Waals surface area contributed by atoms with Gasteiger partial charge in [0.25, 0.3) is 0 Å². The number of para-hydroxylation sites is 1. The lowest BCUT2D eigenvalue weighted by atomic mass is 10.2. The lowest BCUT2D eigenvalue weighted by molar-refractivity contribution is 0.708. The summed E-state index contributed by atoms with van der Waals surface area (Å²) in [4.78, 5) is 0. The molecule has 0 aliphatic carbocycles. The van der Waals surface area contributed by atoms with Gasteiger partial charge in [-0.2, -0.15) is 5.10 Å². The van der Waals surface area contributed by atoms with Gasteiger partial charge in [-0.1, -0.05) is 25.1 Å². The number of aryl methyl sites for hydroxylation is 1. The minimum Gasteiger partial charge on any atom is -0.313 e. The van der Waals surface area contributed by atoms with Crippen LogP contribution < -0.4 is 5.32 Å². The number of hydrogen-bond acceptors (Lipinski definition) is 3. The standard InChI is InChI=1S/C14H19N3S/c1-4-15-10-13-11(2)16-17(14(13)18-3)12-8-6-5-7-9-12/h5-9,15H,4,10H2,1-3H3. The average molecular weight is 261 g/mol. The molecule has 1 N–H and O–H groups in total. The highest BCUT2D eigenvalue weighted by Gasteiger charge is 2.14. The van der Waals surface area contributed by atoms with Crippen molar-refractivity contribution in [1.29, 1.82) is 0 Å². The van der Waals surface area contributed by atoms with Crippen LogP contribution in [0.1, 0.15) is 18.2 Å². The van der Waals surface area contributed by atoms with Crippen molar-refractivity contribution in [2.75, 3.05) is 12.8 Å². The summed E-state index contributed by atoms with van der Waals surface area (Å²) in [5.74, 6) is 0.